The molecule has 1 aliphatic rings. The van der Waals surface area contributed by atoms with Crippen molar-refractivity contribution in [2.24, 2.45) is 5.73 Å². The highest BCUT2D eigenvalue weighted by Gasteiger charge is 2.31. The zero-order valence-corrected chi connectivity index (χ0v) is 14.9. The molecule has 3 aromatic rings. The molecule has 0 spiro atoms. The van der Waals surface area contributed by atoms with Crippen LogP contribution in [-0.2, 0) is 22.6 Å². The fourth-order valence-corrected chi connectivity index (χ4v) is 3.73. The van der Waals surface area contributed by atoms with Gasteiger partial charge in [0, 0.05) is 17.6 Å². The molecule has 5 nitrogen and oxygen atoms in total. The molecule has 3 aromatic carbocycles. The molecule has 0 saturated heterocycles. The summed E-state index contributed by atoms with van der Waals surface area (Å²) in [6.45, 7) is 0.651. The monoisotopic (exact) mass is 359 g/mol. The number of hydrogen-bond donors (Lipinski definition) is 2. The van der Waals surface area contributed by atoms with Crippen molar-refractivity contribution in [1.82, 2.24) is 4.90 Å². The summed E-state index contributed by atoms with van der Waals surface area (Å²) < 4.78 is 0. The second-order valence-electron chi connectivity index (χ2n) is 6.87. The number of carbonyl (C=O) groups excluding carboxylic acids is 2. The van der Waals surface area contributed by atoms with Crippen molar-refractivity contribution in [3.05, 3.63) is 77.9 Å². The summed E-state index contributed by atoms with van der Waals surface area (Å²) in [6.07, 6.45) is 0.535. The number of rotatable bonds is 4. The fourth-order valence-electron chi connectivity index (χ4n) is 3.73. The van der Waals surface area contributed by atoms with Crippen molar-refractivity contribution >= 4 is 28.3 Å². The smallest absolute Gasteiger partial charge is 0.238 e. The summed E-state index contributed by atoms with van der Waals surface area (Å²) >= 11 is 0. The number of benzene rings is 3. The van der Waals surface area contributed by atoms with E-state index in [1.807, 2.05) is 71.6 Å². The van der Waals surface area contributed by atoms with Crippen molar-refractivity contribution in [2.45, 2.75) is 19.0 Å². The average molecular weight is 359 g/mol. The molecule has 1 unspecified atom stereocenters. The largest absolute Gasteiger partial charge is 0.368 e. The average Bonchev–Trinajstić information content (AvgIpc) is 2.67. The molecule has 3 N–H and O–H groups in total. The molecule has 1 aliphatic heterocycles. The van der Waals surface area contributed by atoms with Crippen molar-refractivity contribution in [3.63, 3.8) is 0 Å². The minimum atomic E-state index is -0.474. The molecule has 5 heteroatoms. The highest BCUT2D eigenvalue weighted by molar-refractivity contribution is 6.02. The first-order valence-electron chi connectivity index (χ1n) is 8.99. The van der Waals surface area contributed by atoms with Crippen LogP contribution in [0.4, 0.5) is 5.69 Å². The van der Waals surface area contributed by atoms with Crippen molar-refractivity contribution in [3.8, 4) is 0 Å². The molecule has 1 atom stereocenters. The molecule has 0 aliphatic carbocycles. The lowest BCUT2D eigenvalue weighted by atomic mass is 9.93. The number of anilines is 1. The summed E-state index contributed by atoms with van der Waals surface area (Å²) in [6, 6.07) is 21.2. The van der Waals surface area contributed by atoms with Crippen LogP contribution in [-0.4, -0.2) is 29.3 Å². The van der Waals surface area contributed by atoms with E-state index in [1.165, 1.54) is 0 Å². The molecule has 136 valence electrons. The topological polar surface area (TPSA) is 75.4 Å². The SMILES string of the molecule is NC(=O)C1Cc2ccccc2CN1CC(=O)Nc1cccc2ccccc12. The van der Waals surface area contributed by atoms with Crippen LogP contribution in [0.15, 0.2) is 66.7 Å². The van der Waals surface area contributed by atoms with Gasteiger partial charge in [0.05, 0.1) is 12.6 Å². The van der Waals surface area contributed by atoms with E-state index in [4.69, 9.17) is 5.73 Å². The molecule has 0 aromatic heterocycles. The first kappa shape index (κ1) is 17.2. The van der Waals surface area contributed by atoms with E-state index in [0.717, 1.165) is 27.6 Å². The van der Waals surface area contributed by atoms with E-state index in [0.29, 0.717) is 13.0 Å². The van der Waals surface area contributed by atoms with E-state index < -0.39 is 11.9 Å². The van der Waals surface area contributed by atoms with Gasteiger partial charge in [-0.2, -0.15) is 0 Å². The van der Waals surface area contributed by atoms with Crippen LogP contribution in [0, 0.1) is 0 Å². The Morgan fingerprint density at radius 2 is 1.67 bits per heavy atom. The zero-order valence-electron chi connectivity index (χ0n) is 14.9. The normalized spacial score (nSPS) is 16.7. The summed E-state index contributed by atoms with van der Waals surface area (Å²) in [7, 11) is 0. The predicted molar refractivity (Wildman–Crippen MR) is 106 cm³/mol. The Balaban J connectivity index is 1.53. The van der Waals surface area contributed by atoms with Crippen LogP contribution in [0.5, 0.6) is 0 Å². The van der Waals surface area contributed by atoms with Gasteiger partial charge in [-0.3, -0.25) is 14.5 Å². The van der Waals surface area contributed by atoms with Gasteiger partial charge in [-0.05, 0) is 29.0 Å². The third-order valence-electron chi connectivity index (χ3n) is 5.08. The van der Waals surface area contributed by atoms with Gasteiger partial charge in [-0.1, -0.05) is 60.7 Å². The first-order chi connectivity index (χ1) is 13.1. The van der Waals surface area contributed by atoms with Crippen LogP contribution in [0.3, 0.4) is 0 Å². The van der Waals surface area contributed by atoms with Gasteiger partial charge in [0.1, 0.15) is 0 Å². The lowest BCUT2D eigenvalue weighted by molar-refractivity contribution is -0.125. The van der Waals surface area contributed by atoms with Crippen LogP contribution < -0.4 is 11.1 Å². The Morgan fingerprint density at radius 3 is 2.48 bits per heavy atom. The number of nitrogens with two attached hydrogens (primary N) is 1. The van der Waals surface area contributed by atoms with Crippen LogP contribution in [0.25, 0.3) is 10.8 Å². The van der Waals surface area contributed by atoms with Crippen molar-refractivity contribution in [1.29, 1.82) is 0 Å². The van der Waals surface area contributed by atoms with Gasteiger partial charge < -0.3 is 11.1 Å². The van der Waals surface area contributed by atoms with E-state index >= 15 is 0 Å². The lowest BCUT2D eigenvalue weighted by Gasteiger charge is -2.34. The second-order valence-corrected chi connectivity index (χ2v) is 6.87. The van der Waals surface area contributed by atoms with Gasteiger partial charge in [0.25, 0.3) is 0 Å². The van der Waals surface area contributed by atoms with E-state index in [9.17, 15) is 9.59 Å². The standard InChI is InChI=1S/C22H21N3O2/c23-22(27)20-12-16-7-1-2-8-17(16)13-25(20)14-21(26)24-19-11-5-9-15-6-3-4-10-18(15)19/h1-11,20H,12-14H2,(H2,23,27)(H,24,26). The summed E-state index contributed by atoms with van der Waals surface area (Å²) in [5.41, 5.74) is 8.62. The fraction of sp³-hybridized carbons (Fsp3) is 0.182. The molecule has 4 rings (SSSR count). The minimum Gasteiger partial charge on any atom is -0.368 e. The summed E-state index contributed by atoms with van der Waals surface area (Å²) in [5.74, 6) is -0.556. The lowest BCUT2D eigenvalue weighted by Crippen LogP contribution is -2.50. The molecule has 0 radical (unpaired) electrons. The Bertz CT molecular complexity index is 1010. The Hall–Kier alpha value is -3.18. The van der Waals surface area contributed by atoms with Gasteiger partial charge in [0.15, 0.2) is 0 Å². The minimum absolute atomic E-state index is 0.116. The van der Waals surface area contributed by atoms with E-state index in [-0.39, 0.29) is 12.5 Å². The van der Waals surface area contributed by atoms with Crippen LogP contribution >= 0.6 is 0 Å². The number of nitrogens with zero attached hydrogens (tertiary/aromatic N) is 1. The Kier molecular flexibility index (Phi) is 4.60. The maximum atomic E-state index is 12.7. The third kappa shape index (κ3) is 3.55. The number of primary amides is 1. The van der Waals surface area contributed by atoms with Gasteiger partial charge in [0.2, 0.25) is 11.8 Å². The first-order valence-corrected chi connectivity index (χ1v) is 8.99. The zero-order chi connectivity index (χ0) is 18.8. The Labute approximate surface area is 157 Å². The molecule has 27 heavy (non-hydrogen) atoms. The van der Waals surface area contributed by atoms with Gasteiger partial charge in [-0.15, -0.1) is 0 Å². The van der Waals surface area contributed by atoms with Crippen molar-refractivity contribution in [2.75, 3.05) is 11.9 Å². The van der Waals surface area contributed by atoms with Crippen LogP contribution in [0.1, 0.15) is 11.1 Å². The van der Waals surface area contributed by atoms with E-state index in [1.54, 1.807) is 0 Å². The van der Waals surface area contributed by atoms with E-state index in [2.05, 4.69) is 5.32 Å². The molecular weight excluding hydrogens is 338 g/mol. The number of carbonyl (C=O) groups is 2. The number of hydrogen-bond acceptors (Lipinski definition) is 3. The summed E-state index contributed by atoms with van der Waals surface area (Å²) in [5, 5.41) is 5.04. The molecular formula is C22H21N3O2. The van der Waals surface area contributed by atoms with Gasteiger partial charge >= 0.3 is 0 Å². The van der Waals surface area contributed by atoms with Crippen molar-refractivity contribution < 1.29 is 9.59 Å². The highest BCUT2D eigenvalue weighted by atomic mass is 16.2. The molecule has 0 fully saturated rings. The van der Waals surface area contributed by atoms with Gasteiger partial charge in [-0.25, -0.2) is 0 Å². The number of amides is 2. The van der Waals surface area contributed by atoms with Crippen LogP contribution in [0.2, 0.25) is 0 Å². The molecule has 1 heterocycles. The highest BCUT2D eigenvalue weighted by Crippen LogP contribution is 2.25. The number of fused-ring (bicyclic) bond motifs is 2. The second kappa shape index (κ2) is 7.21. The maximum absolute atomic E-state index is 12.7. The Morgan fingerprint density at radius 1 is 0.963 bits per heavy atom. The predicted octanol–water partition coefficient (Wildman–Crippen LogP) is 2.69. The maximum Gasteiger partial charge on any atom is 0.238 e. The molecule has 0 saturated carbocycles. The number of nitrogens with one attached hydrogen (secondary N) is 1. The molecule has 0 bridgehead atoms. The summed E-state index contributed by atoms with van der Waals surface area (Å²) in [4.78, 5) is 26.5. The molecule has 2 amide bonds. The quantitative estimate of drug-likeness (QED) is 0.752. The third-order valence-corrected chi connectivity index (χ3v) is 5.08.